The molecule has 1 fully saturated rings. The summed E-state index contributed by atoms with van der Waals surface area (Å²) in [5.74, 6) is -1.62. The first-order chi connectivity index (χ1) is 12.8. The zero-order valence-corrected chi connectivity index (χ0v) is 15.0. The zero-order chi connectivity index (χ0) is 19.7. The molecule has 0 radical (unpaired) electrons. The Hall–Kier alpha value is -2.33. The van der Waals surface area contributed by atoms with E-state index in [0.29, 0.717) is 11.1 Å². The minimum absolute atomic E-state index is 0.0126. The van der Waals surface area contributed by atoms with Crippen LogP contribution in [0.25, 0.3) is 11.1 Å². The Labute approximate surface area is 155 Å². The summed E-state index contributed by atoms with van der Waals surface area (Å²) in [5.41, 5.74) is -0.145. The summed E-state index contributed by atoms with van der Waals surface area (Å²) in [4.78, 5) is 11.8. The van der Waals surface area contributed by atoms with Crippen LogP contribution in [0.15, 0.2) is 53.4 Å². The Balaban J connectivity index is 1.97. The van der Waals surface area contributed by atoms with Crippen molar-refractivity contribution in [3.63, 3.8) is 0 Å². The van der Waals surface area contributed by atoms with E-state index in [0.717, 1.165) is 0 Å². The summed E-state index contributed by atoms with van der Waals surface area (Å²) >= 11 is 0. The van der Waals surface area contributed by atoms with Crippen LogP contribution < -0.4 is 10.8 Å². The van der Waals surface area contributed by atoms with Gasteiger partial charge in [0.15, 0.2) is 15.4 Å². The molecule has 3 rings (SSSR count). The van der Waals surface area contributed by atoms with Gasteiger partial charge in [-0.3, -0.25) is 10.0 Å². The smallest absolute Gasteiger partial charge is 0.277 e. The molecule has 0 aromatic heterocycles. The third-order valence-corrected chi connectivity index (χ3v) is 7.05. The van der Waals surface area contributed by atoms with Gasteiger partial charge >= 0.3 is 0 Å². The molecule has 0 bridgehead atoms. The average Bonchev–Trinajstić information content (AvgIpc) is 2.68. The maximum absolute atomic E-state index is 13.9. The maximum atomic E-state index is 13.9. The first kappa shape index (κ1) is 19.4. The summed E-state index contributed by atoms with van der Waals surface area (Å²) in [7, 11) is -4.09. The second kappa shape index (κ2) is 7.35. The number of nitrogens with one attached hydrogen (secondary N) is 2. The molecule has 0 aliphatic carbocycles. The summed E-state index contributed by atoms with van der Waals surface area (Å²) in [6, 6.07) is 11.7. The molecule has 27 heavy (non-hydrogen) atoms. The third-order valence-electron chi connectivity index (χ3n) is 4.75. The summed E-state index contributed by atoms with van der Waals surface area (Å²) in [5, 5.41) is 20.8. The van der Waals surface area contributed by atoms with Gasteiger partial charge in [0.1, 0.15) is 11.1 Å². The van der Waals surface area contributed by atoms with Crippen molar-refractivity contribution < 1.29 is 27.9 Å². The molecule has 144 valence electrons. The van der Waals surface area contributed by atoms with Crippen LogP contribution in [0.4, 0.5) is 4.39 Å². The number of rotatable bonds is 4. The van der Waals surface area contributed by atoms with Gasteiger partial charge in [0.25, 0.3) is 5.91 Å². The van der Waals surface area contributed by atoms with E-state index in [1.165, 1.54) is 35.8 Å². The number of piperidine rings is 1. The number of amides is 1. The van der Waals surface area contributed by atoms with E-state index >= 15 is 0 Å². The van der Waals surface area contributed by atoms with Gasteiger partial charge in [-0.1, -0.05) is 30.3 Å². The van der Waals surface area contributed by atoms with Crippen molar-refractivity contribution >= 4 is 15.7 Å². The number of carbonyl (C=O) groups excluding carboxylic acids is 1. The van der Waals surface area contributed by atoms with Crippen LogP contribution in [0.1, 0.15) is 6.42 Å². The fourth-order valence-electron chi connectivity index (χ4n) is 3.28. The molecule has 2 atom stereocenters. The van der Waals surface area contributed by atoms with Crippen molar-refractivity contribution in [3.8, 4) is 11.1 Å². The number of halogens is 1. The molecule has 1 aliphatic heterocycles. The van der Waals surface area contributed by atoms with E-state index in [4.69, 9.17) is 5.21 Å². The lowest BCUT2D eigenvalue weighted by Gasteiger charge is -2.37. The first-order valence-electron chi connectivity index (χ1n) is 8.27. The van der Waals surface area contributed by atoms with Crippen LogP contribution in [0.5, 0.6) is 0 Å². The second-order valence-corrected chi connectivity index (χ2v) is 8.50. The number of hydrogen-bond acceptors (Lipinski definition) is 6. The molecule has 2 aromatic carbocycles. The van der Waals surface area contributed by atoms with Crippen molar-refractivity contribution in [2.75, 3.05) is 13.1 Å². The molecule has 7 nitrogen and oxygen atoms in total. The molecular formula is C18H19FN2O5S. The van der Waals surface area contributed by atoms with Gasteiger partial charge in [0.2, 0.25) is 0 Å². The van der Waals surface area contributed by atoms with Gasteiger partial charge < -0.3 is 10.4 Å². The quantitative estimate of drug-likeness (QED) is 0.452. The van der Waals surface area contributed by atoms with E-state index in [1.807, 2.05) is 0 Å². The molecular weight excluding hydrogens is 375 g/mol. The maximum Gasteiger partial charge on any atom is 0.277 e. The molecule has 1 aliphatic rings. The Morgan fingerprint density at radius 1 is 1.19 bits per heavy atom. The van der Waals surface area contributed by atoms with E-state index in [1.54, 1.807) is 18.2 Å². The molecule has 0 spiro atoms. The van der Waals surface area contributed by atoms with Crippen LogP contribution in [0.2, 0.25) is 0 Å². The summed E-state index contributed by atoms with van der Waals surface area (Å²) in [6.07, 6.45) is -0.0126. The predicted molar refractivity (Wildman–Crippen MR) is 95.2 cm³/mol. The number of aliphatic hydroxyl groups is 1. The van der Waals surface area contributed by atoms with Crippen molar-refractivity contribution in [2.24, 2.45) is 0 Å². The van der Waals surface area contributed by atoms with Crippen molar-refractivity contribution in [1.29, 1.82) is 0 Å². The highest BCUT2D eigenvalue weighted by Gasteiger charge is 2.52. The molecule has 1 saturated heterocycles. The zero-order valence-electron chi connectivity index (χ0n) is 14.2. The molecule has 4 N–H and O–H groups in total. The normalized spacial score (nSPS) is 23.0. The highest BCUT2D eigenvalue weighted by molar-refractivity contribution is 7.92. The van der Waals surface area contributed by atoms with Gasteiger partial charge in [-0.25, -0.2) is 18.3 Å². The Morgan fingerprint density at radius 2 is 1.85 bits per heavy atom. The Bertz CT molecular complexity index is 948. The topological polar surface area (TPSA) is 116 Å². The molecule has 2 unspecified atom stereocenters. The monoisotopic (exact) mass is 394 g/mol. The highest BCUT2D eigenvalue weighted by atomic mass is 32.2. The Kier molecular flexibility index (Phi) is 5.29. The third kappa shape index (κ3) is 3.46. The molecule has 0 saturated carbocycles. The number of carbonyl (C=O) groups is 1. The van der Waals surface area contributed by atoms with E-state index in [2.05, 4.69) is 5.32 Å². The number of hydroxylamine groups is 1. The molecule has 1 heterocycles. The highest BCUT2D eigenvalue weighted by Crippen LogP contribution is 2.31. The fourth-order valence-corrected chi connectivity index (χ4v) is 5.26. The lowest BCUT2D eigenvalue weighted by molar-refractivity contribution is -0.149. The van der Waals surface area contributed by atoms with Gasteiger partial charge in [-0.05, 0) is 36.7 Å². The van der Waals surface area contributed by atoms with Crippen molar-refractivity contribution in [2.45, 2.75) is 22.2 Å². The largest absolute Gasteiger partial charge is 0.377 e. The lowest BCUT2D eigenvalue weighted by atomic mass is 9.93. The SMILES string of the molecule is O=C(NO)C1(O)CNCCC1S(=O)(=O)c1ccc(-c2ccccc2F)cc1. The molecule has 9 heteroatoms. The number of β-amino-alcohol motifs (C(OH)–C–C–N with tert-alkyl or cyclic N) is 1. The predicted octanol–water partition coefficient (Wildman–Crippen LogP) is 0.865. The van der Waals surface area contributed by atoms with E-state index in [9.17, 15) is 22.7 Å². The van der Waals surface area contributed by atoms with Gasteiger partial charge in [0.05, 0.1) is 4.90 Å². The average molecular weight is 394 g/mol. The second-order valence-electron chi connectivity index (χ2n) is 6.37. The molecule has 1 amide bonds. The van der Waals surface area contributed by atoms with Crippen LogP contribution in [-0.2, 0) is 14.6 Å². The fraction of sp³-hybridized carbons (Fsp3) is 0.278. The van der Waals surface area contributed by atoms with Gasteiger partial charge in [0, 0.05) is 12.1 Å². The van der Waals surface area contributed by atoms with Crippen molar-refractivity contribution in [1.82, 2.24) is 10.8 Å². The minimum Gasteiger partial charge on any atom is -0.377 e. The van der Waals surface area contributed by atoms with Crippen molar-refractivity contribution in [3.05, 3.63) is 54.3 Å². The van der Waals surface area contributed by atoms with Crippen LogP contribution in [-0.4, -0.2) is 48.6 Å². The number of sulfone groups is 1. The van der Waals surface area contributed by atoms with E-state index < -0.39 is 32.4 Å². The van der Waals surface area contributed by atoms with Crippen LogP contribution >= 0.6 is 0 Å². The molecule has 2 aromatic rings. The van der Waals surface area contributed by atoms with Crippen LogP contribution in [0, 0.1) is 5.82 Å². The van der Waals surface area contributed by atoms with E-state index in [-0.39, 0.29) is 24.4 Å². The summed E-state index contributed by atoms with van der Waals surface area (Å²) in [6.45, 7) is -0.0190. The van der Waals surface area contributed by atoms with Crippen LogP contribution in [0.3, 0.4) is 0 Å². The lowest BCUT2D eigenvalue weighted by Crippen LogP contribution is -2.65. The van der Waals surface area contributed by atoms with Gasteiger partial charge in [-0.15, -0.1) is 0 Å². The first-order valence-corrected chi connectivity index (χ1v) is 9.82. The minimum atomic E-state index is -4.09. The number of benzene rings is 2. The summed E-state index contributed by atoms with van der Waals surface area (Å²) < 4.78 is 39.9. The Morgan fingerprint density at radius 3 is 2.48 bits per heavy atom. The number of hydrogen-bond donors (Lipinski definition) is 4. The van der Waals surface area contributed by atoms with Gasteiger partial charge in [-0.2, -0.15) is 0 Å². The standard InChI is InChI=1S/C18H19FN2O5S/c19-15-4-2-1-3-14(15)12-5-7-13(8-6-12)27(25,26)16-9-10-20-11-18(16,23)17(22)21-24/h1-8,16,20,23-24H,9-11H2,(H,21,22).